The fraction of sp³-hybridized carbons (Fsp3) is 0.0941. The summed E-state index contributed by atoms with van der Waals surface area (Å²) in [5.74, 6) is -10.9. The molecule has 15 aromatic rings. The standard InChI is InChI=1S/C21H12F5N3O.C14H8F3N3O2.C14H10F3N3.C12H11N3O2.C7H3ClF2O.C6H5BrN2O2.C5H6N2.C4F6O3.C2H3N.BrH.2ClH.Sn/c22-15-5-3-4-14(17(15)23)20(30)27-13-9-7-12(8-10-13)18-19(21(24,25)26)28-16-6-1-2-11-29(16)18;15-14(16,17)13-12(19-8-2-1-3-11(19)18-13)9-4-6-10(7-5-9)20(21)22;15-14(16,17)13-12(9-4-6-10(18)7-5-9)20-8-2-1-3-11(20)19-13;13-12-3-1-2-8-14(12)9-10-4-6-11(7-5-10)15(16)17;8-7(11)4-2-1-3-5(9)6(4)10;7-3-5-1-2-6(8-4-5)9(10)11;6-5-3-1-2-4-7-5;5-3(6,7)1(11)13-2(12)4(8,9)10;1-2-3;;;;/h1-11H,(H,27,30);1-8H;1-8H,18H2;1-8,13H,9H2;1-3H;1-2,4H,3H2;1-4H,(H2,6,7);;1H3;3*1H;/q;;;;;;;;;;;;+2/p-2. The first kappa shape index (κ1) is 114. The van der Waals surface area contributed by atoms with Gasteiger partial charge in [-0.25, -0.2) is 51.7 Å². The van der Waals surface area contributed by atoms with Gasteiger partial charge >= 0.3 is 85.4 Å². The van der Waals surface area contributed by atoms with Crippen LogP contribution in [0.4, 0.5) is 124 Å². The fourth-order valence-electron chi connectivity index (χ4n) is 10.8. The van der Waals surface area contributed by atoms with Crippen molar-refractivity contribution in [2.45, 2.75) is 49.7 Å². The van der Waals surface area contributed by atoms with Crippen molar-refractivity contribution in [1.82, 2.24) is 38.1 Å². The number of imidazole rings is 3. The number of nitrogens with one attached hydrogen (secondary N) is 1. The van der Waals surface area contributed by atoms with Crippen LogP contribution >= 0.6 is 45.4 Å². The van der Waals surface area contributed by atoms with Crippen molar-refractivity contribution in [3.05, 3.63) is 367 Å². The molecule has 0 unspecified atom stereocenters. The molecule has 6 aromatic carbocycles. The van der Waals surface area contributed by atoms with Gasteiger partial charge in [0, 0.05) is 107 Å². The minimum atomic E-state index is -5.62. The Morgan fingerprint density at radius 3 is 1.21 bits per heavy atom. The normalized spacial score (nSPS) is 10.7. The summed E-state index contributed by atoms with van der Waals surface area (Å²) in [6.45, 7) is 2.03. The number of non-ortho nitro benzene ring substituents is 2. The Morgan fingerprint density at radius 2 is 0.877 bits per heavy atom. The summed E-state index contributed by atoms with van der Waals surface area (Å²) < 4.78 is 247. The van der Waals surface area contributed by atoms with Gasteiger partial charge in [-0.1, -0.05) is 82.7 Å². The van der Waals surface area contributed by atoms with E-state index in [0.717, 1.165) is 47.5 Å². The zero-order chi connectivity index (χ0) is 102. The third kappa shape index (κ3) is 34.1. The number of fused-ring (bicyclic) bond motifs is 3. The second kappa shape index (κ2) is 52.6. The second-order valence-corrected chi connectivity index (χ2v) is 31.1. The molecule has 2 radical (unpaired) electrons. The fourth-order valence-corrected chi connectivity index (χ4v) is 11.2. The predicted octanol–water partition coefficient (Wildman–Crippen LogP) is 19.2. The number of hydrogen-bond donors (Lipinski definition) is 4. The van der Waals surface area contributed by atoms with E-state index in [2.05, 4.69) is 50.9 Å². The Bertz CT molecular complexity index is 6680. The van der Waals surface area contributed by atoms with E-state index in [0.29, 0.717) is 34.8 Å². The summed E-state index contributed by atoms with van der Waals surface area (Å²) in [5, 5.41) is 40.7. The average Bonchev–Trinajstić information content (AvgIpc) is 1.62. The Kier molecular flexibility index (Phi) is 43.4. The number of alkyl halides is 16. The summed E-state index contributed by atoms with van der Waals surface area (Å²) in [5.41, 5.74) is 16.4. The number of rotatable bonds is 12. The summed E-state index contributed by atoms with van der Waals surface area (Å²) in [7, 11) is 9.87. The van der Waals surface area contributed by atoms with Gasteiger partial charge in [0.2, 0.25) is 0 Å². The molecule has 0 aliphatic carbocycles. The van der Waals surface area contributed by atoms with Crippen molar-refractivity contribution >= 4 is 144 Å². The number of nitriles is 1. The van der Waals surface area contributed by atoms with Gasteiger partial charge in [0.1, 0.15) is 35.5 Å². The van der Waals surface area contributed by atoms with Crippen molar-refractivity contribution in [1.29, 1.82) is 5.26 Å². The number of halogens is 24. The van der Waals surface area contributed by atoms with Crippen molar-refractivity contribution in [2.24, 2.45) is 0 Å². The molecule has 0 spiro atoms. The van der Waals surface area contributed by atoms with Gasteiger partial charge in [-0.2, -0.15) is 71.1 Å². The molecule has 0 bridgehead atoms. The number of nitro benzene ring substituents is 2. The van der Waals surface area contributed by atoms with Crippen LogP contribution in [-0.4, -0.2) is 107 Å². The number of carbonyl (C=O) groups excluding carboxylic acids is 4. The molecule has 28 nitrogen and oxygen atoms in total. The van der Waals surface area contributed by atoms with E-state index < -0.39 is 139 Å². The Labute approximate surface area is 805 Å². The number of pyridine rings is 6. The number of nitrogens with zero attached hydrogens (tertiary/aromatic N) is 13. The number of aromatic nitrogens is 9. The molecule has 0 fully saturated rings. The van der Waals surface area contributed by atoms with Crippen molar-refractivity contribution in [3.8, 4) is 39.8 Å². The molecule has 0 aliphatic heterocycles. The topological polar surface area (TPSA) is 402 Å². The zero-order valence-corrected chi connectivity index (χ0v) is 77.3. The van der Waals surface area contributed by atoms with Gasteiger partial charge < -0.3 is 48.6 Å². The number of amides is 1. The van der Waals surface area contributed by atoms with Crippen LogP contribution in [0.2, 0.25) is 0 Å². The molecule has 0 atom stereocenters. The molecule has 138 heavy (non-hydrogen) atoms. The molecule has 722 valence electrons. The first-order valence-corrected chi connectivity index (χ1v) is 45.8. The first-order chi connectivity index (χ1) is 64.4. The van der Waals surface area contributed by atoms with Crippen molar-refractivity contribution in [2.75, 3.05) is 22.5 Å². The predicted molar refractivity (Wildman–Crippen MR) is 466 cm³/mol. The molecule has 7 N–H and O–H groups in total. The van der Waals surface area contributed by atoms with E-state index >= 15 is 0 Å². The van der Waals surface area contributed by atoms with E-state index in [4.69, 9.17) is 51.9 Å². The third-order valence-corrected chi connectivity index (χ3v) is 17.5. The Hall–Kier alpha value is -14.5. The van der Waals surface area contributed by atoms with Crippen LogP contribution in [0.25, 0.3) is 50.7 Å². The number of esters is 2. The van der Waals surface area contributed by atoms with Crippen LogP contribution in [0.15, 0.2) is 274 Å². The molecular weight excluding hydrogens is 2180 g/mol. The van der Waals surface area contributed by atoms with Crippen LogP contribution in [0.1, 0.15) is 55.8 Å². The molecule has 0 aliphatic rings. The number of anilines is 4. The van der Waals surface area contributed by atoms with E-state index in [1.54, 1.807) is 103 Å². The Balaban J connectivity index is 0.000000284. The molecule has 0 saturated heterocycles. The number of nitrogens with two attached hydrogens (primary N) is 3. The molecule has 9 heterocycles. The molecule has 53 heteroatoms. The van der Waals surface area contributed by atoms with Gasteiger partial charge in [0.05, 0.1) is 50.3 Å². The maximum absolute atomic E-state index is 13.8. The monoisotopic (exact) mass is 2240 g/mol. The first-order valence-electron chi connectivity index (χ1n) is 37.1. The zero-order valence-electron chi connectivity index (χ0n) is 69.0. The SMILES string of the molecule is CC#N.Nc1ccc(-c2c(C(F)(F)F)nc3ccccn23)cc1.Nc1cccc[n+]1Cc1ccc([N+](=O)[O-])cc1.Nc1ccccn1.O=C(Cl)c1cccc(F)c1F.O=C(Nc1ccc(-c2c(C(F)(F)F)nc3ccccn23)cc1)c1cccc(F)c1F.O=C(OC(=O)C(F)(F)F)C(F)(F)F.O=[N+]([O-])c1ccc(-c2c(C(F)(F)F)nc3ccccn23)cc1.O=[N+]([O-])c1ccc(CBr)cn1.[Br-].[Cl][Sn][Cl]. The molecule has 0 saturated carbocycles. The number of carbonyl (C=O) groups is 4. The van der Waals surface area contributed by atoms with Crippen LogP contribution in [0.5, 0.6) is 0 Å². The molecule has 15 rings (SSSR count). The number of ether oxygens (including phenoxy) is 1. The maximum atomic E-state index is 13.8. The van der Waals surface area contributed by atoms with Crippen molar-refractivity contribution < 1.29 is 144 Å². The summed E-state index contributed by atoms with van der Waals surface area (Å²) in [6, 6.07) is 59.4. The van der Waals surface area contributed by atoms with Crippen LogP contribution < -0.4 is 44.1 Å². The summed E-state index contributed by atoms with van der Waals surface area (Å²) in [4.78, 5) is 90.0. The van der Waals surface area contributed by atoms with Crippen molar-refractivity contribution in [3.63, 3.8) is 0 Å². The molecule has 9 aromatic heterocycles. The van der Waals surface area contributed by atoms with Crippen LogP contribution in [0.3, 0.4) is 0 Å². The van der Waals surface area contributed by atoms with E-state index in [1.807, 2.05) is 41.1 Å². The van der Waals surface area contributed by atoms with E-state index in [-0.39, 0.29) is 85.0 Å². The van der Waals surface area contributed by atoms with Gasteiger partial charge in [-0.15, -0.1) is 0 Å². The van der Waals surface area contributed by atoms with Crippen LogP contribution in [-0.2, 0) is 44.7 Å². The summed E-state index contributed by atoms with van der Waals surface area (Å²) in [6.07, 6.45) is -15.5. The van der Waals surface area contributed by atoms with Crippen LogP contribution in [0, 0.1) is 64.9 Å². The van der Waals surface area contributed by atoms with Gasteiger partial charge in [0.15, 0.2) is 40.4 Å². The minimum absolute atomic E-state index is 0. The Morgan fingerprint density at radius 1 is 0.500 bits per heavy atom. The summed E-state index contributed by atoms with van der Waals surface area (Å²) >= 11 is 7.32. The molecule has 1 amide bonds. The van der Waals surface area contributed by atoms with Gasteiger partial charge in [-0.05, 0) is 161 Å². The number of benzene rings is 6. The van der Waals surface area contributed by atoms with Gasteiger partial charge in [0.25, 0.3) is 28.3 Å². The van der Waals surface area contributed by atoms with E-state index in [9.17, 15) is 133 Å². The van der Waals surface area contributed by atoms with Gasteiger partial charge in [-0.3, -0.25) is 48.8 Å². The quantitative estimate of drug-likeness (QED) is 0.00843. The number of nitro groups is 3. The average molecular weight is 2240 g/mol. The number of hydrogen-bond acceptors (Lipinski definition) is 20. The molecular formula is C85H59Br2Cl3F19N17O11Sn. The number of nitrogen functional groups attached to an aromatic ring is 3. The van der Waals surface area contributed by atoms with E-state index in [1.165, 1.54) is 124 Å². The second-order valence-electron chi connectivity index (χ2n) is 26.0. The third-order valence-electron chi connectivity index (χ3n) is 16.7.